The molecule has 0 radical (unpaired) electrons. The number of pyridine rings is 1. The van der Waals surface area contributed by atoms with E-state index in [1.54, 1.807) is 0 Å². The zero-order chi connectivity index (χ0) is 15.4. The minimum Gasteiger partial charge on any atom is -0.478 e. The van der Waals surface area contributed by atoms with Crippen LogP contribution in [0.2, 0.25) is 0 Å². The first-order chi connectivity index (χ1) is 9.76. The number of carboxylic acid groups (broad SMARTS) is 1. The van der Waals surface area contributed by atoms with E-state index in [0.717, 1.165) is 10.9 Å². The van der Waals surface area contributed by atoms with Gasteiger partial charge in [-0.1, -0.05) is 45.9 Å². The molecule has 1 aromatic carbocycles. The van der Waals surface area contributed by atoms with Gasteiger partial charge in [0.1, 0.15) is 5.56 Å². The van der Waals surface area contributed by atoms with Crippen LogP contribution in [0.15, 0.2) is 30.5 Å². The van der Waals surface area contributed by atoms with Crippen molar-refractivity contribution in [1.82, 2.24) is 4.98 Å². The number of carboxylic acids is 1. The average Bonchev–Trinajstić information content (AvgIpc) is 2.81. The van der Waals surface area contributed by atoms with E-state index in [2.05, 4.69) is 38.0 Å². The van der Waals surface area contributed by atoms with E-state index in [4.69, 9.17) is 0 Å². The number of carbonyl (C=O) groups is 1. The van der Waals surface area contributed by atoms with Gasteiger partial charge >= 0.3 is 5.97 Å². The molecule has 0 spiro atoms. The lowest BCUT2D eigenvalue weighted by Gasteiger charge is -2.14. The summed E-state index contributed by atoms with van der Waals surface area (Å²) in [5, 5.41) is 13.8. The van der Waals surface area contributed by atoms with Gasteiger partial charge in [0.25, 0.3) is 0 Å². The fourth-order valence-electron chi connectivity index (χ4n) is 3.16. The predicted octanol–water partition coefficient (Wildman–Crippen LogP) is 3.78. The molecule has 1 aromatic heterocycles. The Bertz CT molecular complexity index is 721. The number of para-hydroxylation sites is 1. The molecule has 1 fully saturated rings. The van der Waals surface area contributed by atoms with Crippen LogP contribution in [0.1, 0.15) is 38.1 Å². The maximum atomic E-state index is 11.5. The summed E-state index contributed by atoms with van der Waals surface area (Å²) in [4.78, 5) is 15.8. The SMILES string of the molecule is CC1(C)C(Nc2c(C(=O)O)cnc3ccccc23)C1(C)C. The van der Waals surface area contributed by atoms with Gasteiger partial charge < -0.3 is 10.4 Å². The Morgan fingerprint density at radius 2 is 1.81 bits per heavy atom. The molecule has 2 aromatic rings. The third-order valence-electron chi connectivity index (χ3n) is 5.32. The lowest BCUT2D eigenvalue weighted by atomic mass is 10.0. The highest BCUT2D eigenvalue weighted by Crippen LogP contribution is 2.64. The van der Waals surface area contributed by atoms with Crippen LogP contribution in [-0.2, 0) is 0 Å². The van der Waals surface area contributed by atoms with Crippen molar-refractivity contribution in [2.75, 3.05) is 5.32 Å². The highest BCUT2D eigenvalue weighted by atomic mass is 16.4. The van der Waals surface area contributed by atoms with Gasteiger partial charge in [-0.05, 0) is 16.9 Å². The van der Waals surface area contributed by atoms with Gasteiger partial charge in [0, 0.05) is 17.6 Å². The summed E-state index contributed by atoms with van der Waals surface area (Å²) in [5.74, 6) is -0.952. The standard InChI is InChI=1S/C17H20N2O2/c1-16(2)15(17(16,3)4)19-13-10-7-5-6-8-12(10)18-9-11(13)14(20)21/h5-9,15H,1-4H3,(H,18,19)(H,20,21). The number of hydrogen-bond donors (Lipinski definition) is 2. The zero-order valence-corrected chi connectivity index (χ0v) is 12.8. The van der Waals surface area contributed by atoms with E-state index in [-0.39, 0.29) is 22.4 Å². The molecule has 1 heterocycles. The topological polar surface area (TPSA) is 62.2 Å². The number of aromatic nitrogens is 1. The monoisotopic (exact) mass is 284 g/mol. The minimum atomic E-state index is -0.952. The number of nitrogens with one attached hydrogen (secondary N) is 1. The molecule has 1 saturated carbocycles. The van der Waals surface area contributed by atoms with Crippen molar-refractivity contribution in [2.24, 2.45) is 10.8 Å². The van der Waals surface area contributed by atoms with Crippen LogP contribution in [-0.4, -0.2) is 22.1 Å². The Kier molecular flexibility index (Phi) is 2.77. The number of hydrogen-bond acceptors (Lipinski definition) is 3. The van der Waals surface area contributed by atoms with E-state index in [0.29, 0.717) is 5.69 Å². The van der Waals surface area contributed by atoms with Gasteiger partial charge in [-0.3, -0.25) is 4.98 Å². The van der Waals surface area contributed by atoms with Crippen molar-refractivity contribution in [3.63, 3.8) is 0 Å². The highest BCUT2D eigenvalue weighted by molar-refractivity contribution is 6.04. The quantitative estimate of drug-likeness (QED) is 0.900. The second-order valence-corrected chi connectivity index (χ2v) is 6.89. The summed E-state index contributed by atoms with van der Waals surface area (Å²) in [6.45, 7) is 8.81. The molecule has 0 aliphatic heterocycles. The van der Waals surface area contributed by atoms with E-state index < -0.39 is 5.97 Å². The summed E-state index contributed by atoms with van der Waals surface area (Å²) in [6.07, 6.45) is 1.44. The molecule has 0 unspecified atom stereocenters. The molecule has 2 N–H and O–H groups in total. The van der Waals surface area contributed by atoms with Gasteiger partial charge in [-0.2, -0.15) is 0 Å². The normalized spacial score (nSPS) is 19.4. The summed E-state index contributed by atoms with van der Waals surface area (Å²) in [5.41, 5.74) is 1.98. The van der Waals surface area contributed by atoms with E-state index >= 15 is 0 Å². The lowest BCUT2D eigenvalue weighted by molar-refractivity contribution is 0.0697. The maximum Gasteiger partial charge on any atom is 0.339 e. The number of anilines is 1. The third-order valence-corrected chi connectivity index (χ3v) is 5.32. The van der Waals surface area contributed by atoms with Crippen molar-refractivity contribution < 1.29 is 9.90 Å². The van der Waals surface area contributed by atoms with E-state index in [1.165, 1.54) is 6.20 Å². The van der Waals surface area contributed by atoms with Crippen LogP contribution in [0.3, 0.4) is 0 Å². The first-order valence-corrected chi connectivity index (χ1v) is 7.14. The lowest BCUT2D eigenvalue weighted by Crippen LogP contribution is -2.14. The summed E-state index contributed by atoms with van der Waals surface area (Å²) in [6, 6.07) is 7.87. The van der Waals surface area contributed by atoms with Gasteiger partial charge in [-0.15, -0.1) is 0 Å². The van der Waals surface area contributed by atoms with Crippen LogP contribution < -0.4 is 5.32 Å². The summed E-state index contributed by atoms with van der Waals surface area (Å²) in [7, 11) is 0. The van der Waals surface area contributed by atoms with Gasteiger partial charge in [0.15, 0.2) is 0 Å². The van der Waals surface area contributed by atoms with E-state index in [9.17, 15) is 9.90 Å². The molecule has 4 nitrogen and oxygen atoms in total. The van der Waals surface area contributed by atoms with Crippen molar-refractivity contribution >= 4 is 22.6 Å². The van der Waals surface area contributed by atoms with Crippen molar-refractivity contribution in [2.45, 2.75) is 33.7 Å². The van der Waals surface area contributed by atoms with Crippen molar-refractivity contribution in [3.05, 3.63) is 36.0 Å². The second-order valence-electron chi connectivity index (χ2n) is 6.89. The average molecular weight is 284 g/mol. The first-order valence-electron chi connectivity index (χ1n) is 7.14. The molecule has 0 amide bonds. The van der Waals surface area contributed by atoms with Gasteiger partial charge in [-0.25, -0.2) is 4.79 Å². The third kappa shape index (κ3) is 1.89. The molecular weight excluding hydrogens is 264 g/mol. The van der Waals surface area contributed by atoms with Crippen LogP contribution in [0, 0.1) is 10.8 Å². The predicted molar refractivity (Wildman–Crippen MR) is 83.7 cm³/mol. The molecule has 0 saturated heterocycles. The second kappa shape index (κ2) is 4.20. The van der Waals surface area contributed by atoms with Crippen LogP contribution in [0.25, 0.3) is 10.9 Å². The fraction of sp³-hybridized carbons (Fsp3) is 0.412. The maximum absolute atomic E-state index is 11.5. The first kappa shape index (κ1) is 13.9. The molecule has 1 aliphatic carbocycles. The Labute approximate surface area is 124 Å². The number of aromatic carboxylic acids is 1. The van der Waals surface area contributed by atoms with Gasteiger partial charge in [0.05, 0.1) is 11.2 Å². The molecule has 3 rings (SSSR count). The summed E-state index contributed by atoms with van der Waals surface area (Å²) < 4.78 is 0. The number of nitrogens with zero attached hydrogens (tertiary/aromatic N) is 1. The van der Waals surface area contributed by atoms with Crippen LogP contribution in [0.5, 0.6) is 0 Å². The minimum absolute atomic E-state index is 0.132. The van der Waals surface area contributed by atoms with Crippen molar-refractivity contribution in [3.8, 4) is 0 Å². The molecule has 21 heavy (non-hydrogen) atoms. The number of rotatable bonds is 3. The number of fused-ring (bicyclic) bond motifs is 1. The number of benzene rings is 1. The Morgan fingerprint density at radius 1 is 1.19 bits per heavy atom. The Morgan fingerprint density at radius 3 is 2.38 bits per heavy atom. The molecule has 0 bridgehead atoms. The van der Waals surface area contributed by atoms with Crippen LogP contribution >= 0.6 is 0 Å². The van der Waals surface area contributed by atoms with E-state index in [1.807, 2.05) is 24.3 Å². The summed E-state index contributed by atoms with van der Waals surface area (Å²) >= 11 is 0. The largest absolute Gasteiger partial charge is 0.478 e. The Balaban J connectivity index is 2.12. The molecular formula is C17H20N2O2. The van der Waals surface area contributed by atoms with Gasteiger partial charge in [0.2, 0.25) is 0 Å². The molecule has 110 valence electrons. The van der Waals surface area contributed by atoms with Crippen LogP contribution in [0.4, 0.5) is 5.69 Å². The molecule has 1 aliphatic rings. The zero-order valence-electron chi connectivity index (χ0n) is 12.8. The molecule has 4 heteroatoms. The Hall–Kier alpha value is -2.10. The fourth-order valence-corrected chi connectivity index (χ4v) is 3.16. The molecule has 0 atom stereocenters. The highest BCUT2D eigenvalue weighted by Gasteiger charge is 2.65. The van der Waals surface area contributed by atoms with Crippen molar-refractivity contribution in [1.29, 1.82) is 0 Å². The smallest absolute Gasteiger partial charge is 0.339 e.